The standard InChI is InChI=1S/C18H23N3O5S.C18H23N3O4S.C17H21N3O4S.C13H22N2O4.CH3I.I3.5HI.2V/c1-18(2,3)26-17(23)20-8-7-14-13(11-20)15(22)21(16(19-14)27(4)24)10-12-6-5-9-25-12;1-18(2,3)25-17(23)20-8-7-14-13(11-20)15(22)21(16(19-14)26-4)10-12-6-5-9-24-12;1-17(2,3)24-16(22)19-7-6-13-12(10-19)14(21)20(15(25)18-13)9-11-5-4-8-23-11;1-5-18-11(16)9-8-15(7-6-10(9)14)12(17)19-13(2,3)4;1-2;1-3-2;;;;;;;/h5-6,9H,7-8,10-11H2,1-4H3;5-6,9H,7-8,10-11H2,1-4H3;4-5,8H,6-7,9-10H2,1-3H3,(H,18,25);5-8,14H2,1-4H3;1H3;;5*1H;;/q;;;;;-1;;;;;;+2;+3/p-5. The summed E-state index contributed by atoms with van der Waals surface area (Å²) in [6, 6.07) is 10.6. The number of furan rings is 3. The Balaban J connectivity index is 0.000000361. The third-order valence-corrected chi connectivity index (χ3v) is 16.4. The molecule has 0 aromatic carbocycles. The first-order valence-electron chi connectivity index (χ1n) is 33.0. The second kappa shape index (κ2) is 50.1. The molecule has 4 amide bonds. The van der Waals surface area contributed by atoms with E-state index in [-0.39, 0.29) is 72.6 Å². The third-order valence-electron chi connectivity index (χ3n) is 14.6. The molecular formula is C67H92I9N11O17S3V2-. The van der Waals surface area contributed by atoms with Crippen molar-refractivity contribution in [1.82, 2.24) is 48.3 Å². The molecule has 0 fully saturated rings. The predicted molar refractivity (Wildman–Crippen MR) is 480 cm³/mol. The van der Waals surface area contributed by atoms with Gasteiger partial charge < -0.3 is 67.3 Å². The molecule has 6 aromatic rings. The number of thioether (sulfide) groups is 1. The van der Waals surface area contributed by atoms with E-state index in [4.69, 9.17) is 54.9 Å². The summed E-state index contributed by atoms with van der Waals surface area (Å²) in [4.78, 5) is 120. The van der Waals surface area contributed by atoms with Crippen LogP contribution in [-0.2, 0) is 112 Å². The van der Waals surface area contributed by atoms with Crippen LogP contribution < -0.4 is 35.7 Å². The van der Waals surface area contributed by atoms with Crippen LogP contribution in [0.4, 0.5) is 19.2 Å². The van der Waals surface area contributed by atoms with Crippen molar-refractivity contribution in [3.63, 3.8) is 0 Å². The summed E-state index contributed by atoms with van der Waals surface area (Å²) >= 11 is 26.3. The first kappa shape index (κ1) is 102. The molecule has 10 heterocycles. The number of hydrogen-bond donors (Lipinski definition) is 2. The average Bonchev–Trinajstić information content (AvgIpc) is 1.36. The number of rotatable bonds is 10. The number of esters is 1. The summed E-state index contributed by atoms with van der Waals surface area (Å²) in [6.45, 7) is 26.9. The molecule has 0 radical (unpaired) electrons. The fourth-order valence-corrected chi connectivity index (χ4v) is 11.7. The van der Waals surface area contributed by atoms with Gasteiger partial charge in [-0.3, -0.25) is 32.3 Å². The molecule has 3 N–H and O–H groups in total. The fourth-order valence-electron chi connectivity index (χ4n) is 10.1. The Hall–Kier alpha value is -0.971. The molecule has 1 atom stereocenters. The second-order valence-corrected chi connectivity index (χ2v) is 93.1. The maximum atomic E-state index is 13.1. The van der Waals surface area contributed by atoms with Gasteiger partial charge in [0.05, 0.1) is 116 Å². The van der Waals surface area contributed by atoms with Crippen LogP contribution in [-0.4, -0.2) is 162 Å². The quantitative estimate of drug-likeness (QED) is 0.0245. The first-order valence-corrected chi connectivity index (χ1v) is 73.5. The van der Waals surface area contributed by atoms with Crippen molar-refractivity contribution in [2.75, 3.05) is 56.8 Å². The van der Waals surface area contributed by atoms with Crippen molar-refractivity contribution in [3.8, 4) is 0 Å². The summed E-state index contributed by atoms with van der Waals surface area (Å²) in [5.41, 5.74) is 7.29. The number of ether oxygens (including phenoxy) is 5. The van der Waals surface area contributed by atoms with E-state index in [2.05, 4.69) is 175 Å². The molecule has 10 rings (SSSR count). The Bertz CT molecular complexity index is 4240. The molecule has 0 saturated heterocycles. The SMILES string of the molecule is CC(C)(C)OC(=O)N1CCc2[nH]c(=S)n(Cc3ccco3)c(=O)c2C1.CCOC(=O)C1=C(N)CCN(C(=O)OC(C)(C)C)C1.CI.CS(=O)c1nc2c(c(=O)n1Cc1ccco1)CN(C(=O)OC(C)(C)C)CC2.CSc1nc2c(c(=O)n1Cc1ccco1)CN(C(=O)OC(C)(C)C)CC2.I[I-]I.[I][V]([I])[I].[I][V][I]. The number of nitrogens with two attached hydrogens (primary N) is 1. The van der Waals surface area contributed by atoms with Crippen LogP contribution in [0.5, 0.6) is 0 Å². The summed E-state index contributed by atoms with van der Waals surface area (Å²) in [6.07, 6.45) is 8.23. The molecule has 28 nitrogen and oxygen atoms in total. The van der Waals surface area contributed by atoms with E-state index < -0.39 is 63.5 Å². The van der Waals surface area contributed by atoms with Gasteiger partial charge in [0.25, 0.3) is 16.7 Å². The maximum absolute atomic E-state index is 13.1. The number of carbonyl (C=O) groups excluding carboxylic acids is 5. The molecule has 0 bridgehead atoms. The number of amides is 4. The first-order chi connectivity index (χ1) is 51.0. The molecule has 6 aromatic heterocycles. The van der Waals surface area contributed by atoms with E-state index in [1.807, 2.05) is 58.8 Å². The number of fused-ring (bicyclic) bond motifs is 3. The Kier molecular flexibility index (Phi) is 46.9. The average molecular weight is 2660 g/mol. The van der Waals surface area contributed by atoms with E-state index in [1.165, 1.54) is 43.2 Å². The van der Waals surface area contributed by atoms with E-state index in [0.29, 0.717) is 142 Å². The molecule has 0 saturated carbocycles. The zero-order valence-electron chi connectivity index (χ0n) is 63.1. The molecule has 4 aliphatic rings. The number of halogens is 9. The topological polar surface area (TPSA) is 335 Å². The Morgan fingerprint density at radius 2 is 0.954 bits per heavy atom. The summed E-state index contributed by atoms with van der Waals surface area (Å²) < 4.78 is 59.3. The van der Waals surface area contributed by atoms with Gasteiger partial charge in [-0.05, 0) is 150 Å². The van der Waals surface area contributed by atoms with Crippen LogP contribution in [0.25, 0.3) is 0 Å². The van der Waals surface area contributed by atoms with Crippen LogP contribution in [0.1, 0.15) is 147 Å². The molecule has 109 heavy (non-hydrogen) atoms. The van der Waals surface area contributed by atoms with Gasteiger partial charge in [0, 0.05) is 69.5 Å². The van der Waals surface area contributed by atoms with E-state index in [9.17, 15) is 42.6 Å². The Morgan fingerprint density at radius 3 is 1.32 bits per heavy atom. The Morgan fingerprint density at radius 1 is 0.615 bits per heavy atom. The molecular weight excluding hydrogens is 2570 g/mol. The van der Waals surface area contributed by atoms with Crippen molar-refractivity contribution in [2.24, 2.45) is 5.73 Å². The zero-order valence-corrected chi connectivity index (χ0v) is 87.7. The number of nitrogens with one attached hydrogen (secondary N) is 1. The fraction of sp³-hybridized carbons (Fsp3) is 0.537. The number of aromatic nitrogens is 6. The third kappa shape index (κ3) is 36.0. The van der Waals surface area contributed by atoms with Gasteiger partial charge in [0.1, 0.15) is 39.7 Å². The predicted octanol–water partition coefficient (Wildman–Crippen LogP) is 13.3. The summed E-state index contributed by atoms with van der Waals surface area (Å²) in [7, 11) is -0.809. The van der Waals surface area contributed by atoms with Gasteiger partial charge in [0.15, 0.2) is 9.93 Å². The Labute approximate surface area is 757 Å². The van der Waals surface area contributed by atoms with Gasteiger partial charge in [0.2, 0.25) is 5.16 Å². The van der Waals surface area contributed by atoms with Crippen molar-refractivity contribution in [3.05, 3.63) is 153 Å². The van der Waals surface area contributed by atoms with Crippen LogP contribution in [0.3, 0.4) is 0 Å². The van der Waals surface area contributed by atoms with Gasteiger partial charge in [-0.15, -0.1) is 0 Å². The van der Waals surface area contributed by atoms with Crippen LogP contribution in [0.2, 0.25) is 0 Å². The number of H-pyrrole nitrogens is 1. The van der Waals surface area contributed by atoms with Gasteiger partial charge in [-0.2, -0.15) is 0 Å². The van der Waals surface area contributed by atoms with E-state index in [0.717, 1.165) is 11.4 Å². The summed E-state index contributed by atoms with van der Waals surface area (Å²) in [5, 5.41) is 0.858. The number of nitrogens with zero attached hydrogens (tertiary/aromatic N) is 9. The van der Waals surface area contributed by atoms with Gasteiger partial charge in [-0.25, -0.2) is 33.9 Å². The number of hydrogen-bond acceptors (Lipinski definition) is 22. The van der Waals surface area contributed by atoms with Crippen LogP contribution >= 0.6 is 184 Å². The van der Waals surface area contributed by atoms with Gasteiger partial charge in [-0.1, -0.05) is 34.4 Å². The van der Waals surface area contributed by atoms with E-state index >= 15 is 0 Å². The monoisotopic (exact) mass is 2660 g/mol. The van der Waals surface area contributed by atoms with Crippen LogP contribution in [0, 0.1) is 4.77 Å². The molecule has 4 aliphatic heterocycles. The second-order valence-electron chi connectivity index (χ2n) is 27.2. The van der Waals surface area contributed by atoms with Crippen molar-refractivity contribution in [1.29, 1.82) is 0 Å². The van der Waals surface area contributed by atoms with Crippen molar-refractivity contribution in [2.45, 2.75) is 188 Å². The van der Waals surface area contributed by atoms with E-state index in [1.54, 1.807) is 106 Å². The molecule has 42 heteroatoms. The number of alkyl halides is 1. The number of carbonyl (C=O) groups is 5. The molecule has 0 aliphatic carbocycles. The molecule has 609 valence electrons. The summed E-state index contributed by atoms with van der Waals surface area (Å²) in [5.74, 6) is 1.42. The minimum atomic E-state index is -1.44. The van der Waals surface area contributed by atoms with Crippen molar-refractivity contribution >= 4 is 225 Å². The molecule has 1 unspecified atom stereocenters. The molecule has 0 spiro atoms. The number of aromatic amines is 1. The minimum absolute atomic E-state index is 0.116. The van der Waals surface area contributed by atoms with Gasteiger partial charge >= 0.3 is 195 Å². The normalized spacial score (nSPS) is 14.0. The van der Waals surface area contributed by atoms with Crippen molar-refractivity contribution < 1.29 is 92.8 Å². The van der Waals surface area contributed by atoms with Crippen LogP contribution in [0.15, 0.2) is 104 Å². The zero-order chi connectivity index (χ0) is 82.5.